The van der Waals surface area contributed by atoms with Gasteiger partial charge in [-0.2, -0.15) is 0 Å². The fraction of sp³-hybridized carbons (Fsp3) is 0.467. The quantitative estimate of drug-likeness (QED) is 0.776. The molecular formula is C15H16Cl2O4. The Morgan fingerprint density at radius 1 is 1.19 bits per heavy atom. The van der Waals surface area contributed by atoms with Crippen molar-refractivity contribution >= 4 is 35.1 Å². The number of benzene rings is 1. The molecule has 0 heterocycles. The number of halogens is 2. The molecule has 1 aliphatic rings. The Balaban J connectivity index is 2.37. The molecule has 1 aromatic carbocycles. The number of ether oxygens (including phenoxy) is 2. The Bertz CT molecular complexity index is 573. The number of rotatable bonds is 5. The second-order valence-corrected chi connectivity index (χ2v) is 5.64. The lowest BCUT2D eigenvalue weighted by Gasteiger charge is -2.16. The Kier molecular flexibility index (Phi) is 4.79. The highest BCUT2D eigenvalue weighted by Gasteiger charge is 2.66. The Morgan fingerprint density at radius 2 is 1.86 bits per heavy atom. The topological polar surface area (TPSA) is 52.6 Å². The van der Waals surface area contributed by atoms with Gasteiger partial charge in [0.2, 0.25) is 0 Å². The minimum Gasteiger partial charge on any atom is -0.466 e. The zero-order chi connectivity index (χ0) is 15.6. The lowest BCUT2D eigenvalue weighted by atomic mass is 9.93. The van der Waals surface area contributed by atoms with Crippen molar-refractivity contribution in [1.29, 1.82) is 0 Å². The first-order valence-corrected chi connectivity index (χ1v) is 7.52. The molecule has 4 nitrogen and oxygen atoms in total. The summed E-state index contributed by atoms with van der Waals surface area (Å²) in [7, 11) is 0. The van der Waals surface area contributed by atoms with E-state index in [1.165, 1.54) is 0 Å². The van der Waals surface area contributed by atoms with Gasteiger partial charge in [0.25, 0.3) is 0 Å². The summed E-state index contributed by atoms with van der Waals surface area (Å²) in [5.74, 6) is -1.35. The molecule has 0 bridgehead atoms. The predicted molar refractivity (Wildman–Crippen MR) is 79.5 cm³/mol. The first-order chi connectivity index (χ1) is 9.97. The van der Waals surface area contributed by atoms with E-state index in [0.717, 1.165) is 0 Å². The van der Waals surface area contributed by atoms with Gasteiger partial charge in [-0.25, -0.2) is 0 Å². The summed E-state index contributed by atoms with van der Waals surface area (Å²) in [5, 5.41) is 0.736. The minimum atomic E-state index is -1.00. The molecule has 2 rings (SSSR count). The molecule has 1 fully saturated rings. The van der Waals surface area contributed by atoms with Crippen LogP contribution in [0.2, 0.25) is 10.0 Å². The van der Waals surface area contributed by atoms with Crippen molar-refractivity contribution in [3.8, 4) is 0 Å². The lowest BCUT2D eigenvalue weighted by molar-refractivity contribution is -0.152. The molecule has 1 saturated carbocycles. The van der Waals surface area contributed by atoms with Crippen molar-refractivity contribution in [1.82, 2.24) is 0 Å². The van der Waals surface area contributed by atoms with Crippen LogP contribution in [-0.4, -0.2) is 25.2 Å². The van der Waals surface area contributed by atoms with E-state index >= 15 is 0 Å². The van der Waals surface area contributed by atoms with Gasteiger partial charge in [0.05, 0.1) is 29.2 Å². The van der Waals surface area contributed by atoms with E-state index in [-0.39, 0.29) is 13.2 Å². The molecule has 0 spiro atoms. The number of esters is 2. The normalized spacial score (nSPS) is 23.5. The maximum atomic E-state index is 12.3. The molecule has 0 aromatic heterocycles. The predicted octanol–water partition coefficient (Wildman–Crippen LogP) is 3.38. The van der Waals surface area contributed by atoms with Gasteiger partial charge in [-0.05, 0) is 38.0 Å². The SMILES string of the molecule is CCOC(=O)[C@H]1C[C@]1(C(=O)OCC)c1ccc(Cl)c(Cl)c1. The van der Waals surface area contributed by atoms with E-state index in [1.54, 1.807) is 32.0 Å². The van der Waals surface area contributed by atoms with E-state index in [0.29, 0.717) is 22.0 Å². The van der Waals surface area contributed by atoms with Crippen LogP contribution in [0.4, 0.5) is 0 Å². The fourth-order valence-corrected chi connectivity index (χ4v) is 2.78. The summed E-state index contributed by atoms with van der Waals surface area (Å²) in [4.78, 5) is 24.3. The third-order valence-corrected chi connectivity index (χ3v) is 4.35. The number of carbonyl (C=O) groups excluding carboxylic acids is 2. The van der Waals surface area contributed by atoms with Crippen LogP contribution in [0.3, 0.4) is 0 Å². The third-order valence-electron chi connectivity index (χ3n) is 3.61. The van der Waals surface area contributed by atoms with E-state index in [9.17, 15) is 9.59 Å². The van der Waals surface area contributed by atoms with Gasteiger partial charge in [0.1, 0.15) is 5.41 Å². The molecule has 1 aliphatic carbocycles. The highest BCUT2D eigenvalue weighted by Crippen LogP contribution is 2.56. The number of hydrogen-bond donors (Lipinski definition) is 0. The molecule has 0 amide bonds. The summed E-state index contributed by atoms with van der Waals surface area (Å²) in [5.41, 5.74) is -0.371. The standard InChI is InChI=1S/C15H16Cl2O4/c1-3-20-13(18)10-8-15(10,14(19)21-4-2)9-5-6-11(16)12(17)7-9/h5-7,10H,3-4,8H2,1-2H3/t10-,15+/m1/s1. The second kappa shape index (κ2) is 6.24. The van der Waals surface area contributed by atoms with Gasteiger partial charge >= 0.3 is 11.9 Å². The fourth-order valence-electron chi connectivity index (χ4n) is 2.49. The molecule has 0 aliphatic heterocycles. The van der Waals surface area contributed by atoms with Gasteiger partial charge in [0, 0.05) is 0 Å². The Hall–Kier alpha value is -1.26. The zero-order valence-electron chi connectivity index (χ0n) is 11.8. The molecule has 0 saturated heterocycles. The van der Waals surface area contributed by atoms with Crippen LogP contribution in [0.25, 0.3) is 0 Å². The van der Waals surface area contributed by atoms with E-state index in [4.69, 9.17) is 32.7 Å². The van der Waals surface area contributed by atoms with Crippen molar-refractivity contribution < 1.29 is 19.1 Å². The van der Waals surface area contributed by atoms with Gasteiger partial charge in [-0.15, -0.1) is 0 Å². The molecule has 2 atom stereocenters. The van der Waals surface area contributed by atoms with Crippen LogP contribution < -0.4 is 0 Å². The van der Waals surface area contributed by atoms with Gasteiger partial charge in [-0.3, -0.25) is 9.59 Å². The summed E-state index contributed by atoms with van der Waals surface area (Å²) < 4.78 is 10.1. The van der Waals surface area contributed by atoms with Gasteiger partial charge < -0.3 is 9.47 Å². The highest BCUT2D eigenvalue weighted by molar-refractivity contribution is 6.42. The molecule has 21 heavy (non-hydrogen) atoms. The van der Waals surface area contributed by atoms with Crippen LogP contribution in [0.1, 0.15) is 25.8 Å². The van der Waals surface area contributed by atoms with Gasteiger partial charge in [0.15, 0.2) is 0 Å². The molecule has 6 heteroatoms. The monoisotopic (exact) mass is 330 g/mol. The molecule has 0 unspecified atom stereocenters. The van der Waals surface area contributed by atoms with Crippen LogP contribution in [0.5, 0.6) is 0 Å². The maximum Gasteiger partial charge on any atom is 0.317 e. The molecular weight excluding hydrogens is 315 g/mol. The van der Waals surface area contributed by atoms with E-state index in [1.807, 2.05) is 0 Å². The first kappa shape index (κ1) is 16.1. The van der Waals surface area contributed by atoms with Gasteiger partial charge in [-0.1, -0.05) is 29.3 Å². The molecule has 114 valence electrons. The summed E-state index contributed by atoms with van der Waals surface area (Å²) in [6.07, 6.45) is 0.364. The number of hydrogen-bond acceptors (Lipinski definition) is 4. The third kappa shape index (κ3) is 2.87. The molecule has 0 N–H and O–H groups in total. The van der Waals surface area contributed by atoms with Crippen LogP contribution >= 0.6 is 23.2 Å². The van der Waals surface area contributed by atoms with Crippen LogP contribution in [-0.2, 0) is 24.5 Å². The van der Waals surface area contributed by atoms with E-state index in [2.05, 4.69) is 0 Å². The lowest BCUT2D eigenvalue weighted by Crippen LogP contribution is -2.28. The second-order valence-electron chi connectivity index (χ2n) is 4.83. The van der Waals surface area contributed by atoms with Crippen LogP contribution in [0, 0.1) is 5.92 Å². The summed E-state index contributed by atoms with van der Waals surface area (Å²) in [6.45, 7) is 3.97. The average Bonchev–Trinajstić information content (AvgIpc) is 3.19. The molecule has 0 radical (unpaired) electrons. The first-order valence-electron chi connectivity index (χ1n) is 6.76. The van der Waals surface area contributed by atoms with Crippen molar-refractivity contribution in [3.05, 3.63) is 33.8 Å². The number of carbonyl (C=O) groups is 2. The Labute approximate surface area is 133 Å². The minimum absolute atomic E-state index is 0.247. The summed E-state index contributed by atoms with van der Waals surface area (Å²) in [6, 6.07) is 4.92. The average molecular weight is 331 g/mol. The molecule has 1 aromatic rings. The summed E-state index contributed by atoms with van der Waals surface area (Å²) >= 11 is 11.9. The smallest absolute Gasteiger partial charge is 0.317 e. The highest BCUT2D eigenvalue weighted by atomic mass is 35.5. The largest absolute Gasteiger partial charge is 0.466 e. The zero-order valence-corrected chi connectivity index (χ0v) is 13.3. The Morgan fingerprint density at radius 3 is 2.43 bits per heavy atom. The van der Waals surface area contributed by atoms with Crippen LogP contribution in [0.15, 0.2) is 18.2 Å². The van der Waals surface area contributed by atoms with E-state index < -0.39 is 23.3 Å². The van der Waals surface area contributed by atoms with Crippen molar-refractivity contribution in [3.63, 3.8) is 0 Å². The maximum absolute atomic E-state index is 12.3. The van der Waals surface area contributed by atoms with Crippen molar-refractivity contribution in [2.45, 2.75) is 25.7 Å². The van der Waals surface area contributed by atoms with Crippen molar-refractivity contribution in [2.24, 2.45) is 5.92 Å². The van der Waals surface area contributed by atoms with Crippen molar-refractivity contribution in [2.75, 3.05) is 13.2 Å².